The third kappa shape index (κ3) is 2.18. The molecule has 0 bridgehead atoms. The number of carboxylic acid groups (broad SMARTS) is 1. The van der Waals surface area contributed by atoms with Gasteiger partial charge >= 0.3 is 12.1 Å². The molecule has 0 unspecified atom stereocenters. The Morgan fingerprint density at radius 3 is 2.32 bits per heavy atom. The van der Waals surface area contributed by atoms with Crippen LogP contribution in [0.2, 0.25) is 0 Å². The number of halogens is 4. The second-order valence-electron chi connectivity index (χ2n) is 4.64. The van der Waals surface area contributed by atoms with Crippen LogP contribution in [-0.4, -0.2) is 22.3 Å². The zero-order chi connectivity index (χ0) is 14.4. The van der Waals surface area contributed by atoms with Gasteiger partial charge in [0.2, 0.25) is 0 Å². The van der Waals surface area contributed by atoms with Gasteiger partial charge in [-0.1, -0.05) is 0 Å². The molecule has 3 nitrogen and oxygen atoms in total. The van der Waals surface area contributed by atoms with E-state index < -0.39 is 40.6 Å². The van der Waals surface area contributed by atoms with E-state index in [1.54, 1.807) is 0 Å². The van der Waals surface area contributed by atoms with Gasteiger partial charge in [-0.2, -0.15) is 13.2 Å². The van der Waals surface area contributed by atoms with Gasteiger partial charge in [-0.05, 0) is 36.6 Å². The van der Waals surface area contributed by atoms with Crippen LogP contribution in [0.5, 0.6) is 0 Å². The van der Waals surface area contributed by atoms with Gasteiger partial charge in [-0.3, -0.25) is 4.79 Å². The molecule has 1 saturated carbocycles. The van der Waals surface area contributed by atoms with Crippen LogP contribution >= 0.6 is 0 Å². The number of carboxylic acids is 1. The first-order valence-corrected chi connectivity index (χ1v) is 5.45. The lowest BCUT2D eigenvalue weighted by molar-refractivity contribution is -0.155. The van der Waals surface area contributed by atoms with E-state index in [1.807, 2.05) is 0 Å². The molecule has 2 rings (SSSR count). The van der Waals surface area contributed by atoms with E-state index in [9.17, 15) is 27.5 Å². The summed E-state index contributed by atoms with van der Waals surface area (Å²) >= 11 is 0. The molecule has 1 aliphatic rings. The van der Waals surface area contributed by atoms with Gasteiger partial charge in [0.25, 0.3) is 0 Å². The number of hydrogen-bond donors (Lipinski definition) is 2. The van der Waals surface area contributed by atoms with Crippen molar-refractivity contribution < 1.29 is 32.6 Å². The molecule has 0 amide bonds. The van der Waals surface area contributed by atoms with Crippen molar-refractivity contribution in [2.24, 2.45) is 0 Å². The van der Waals surface area contributed by atoms with Crippen LogP contribution < -0.4 is 0 Å². The van der Waals surface area contributed by atoms with Gasteiger partial charge in [-0.25, -0.2) is 4.39 Å². The smallest absolute Gasteiger partial charge is 0.416 e. The van der Waals surface area contributed by atoms with E-state index in [0.29, 0.717) is 18.2 Å². The van der Waals surface area contributed by atoms with E-state index in [2.05, 4.69) is 0 Å². The number of alkyl halides is 3. The minimum absolute atomic E-state index is 0.352. The monoisotopic (exact) mass is 278 g/mol. The Bertz CT molecular complexity index is 518. The third-order valence-electron chi connectivity index (χ3n) is 3.38. The number of rotatable bonds is 2. The minimum atomic E-state index is -4.77. The van der Waals surface area contributed by atoms with Crippen LogP contribution in [0.1, 0.15) is 24.0 Å². The summed E-state index contributed by atoms with van der Waals surface area (Å²) in [5.74, 6) is -2.43. The first-order chi connectivity index (χ1) is 8.67. The van der Waals surface area contributed by atoms with Crippen molar-refractivity contribution in [2.45, 2.75) is 30.5 Å². The zero-order valence-corrected chi connectivity index (χ0v) is 9.54. The fourth-order valence-electron chi connectivity index (χ4n) is 2.41. The maximum atomic E-state index is 13.2. The maximum absolute atomic E-state index is 13.2. The molecule has 0 radical (unpaired) electrons. The summed E-state index contributed by atoms with van der Waals surface area (Å²) < 4.78 is 51.7. The fraction of sp³-hybridized carbons (Fsp3) is 0.417. The Morgan fingerprint density at radius 1 is 1.32 bits per heavy atom. The van der Waals surface area contributed by atoms with Crippen LogP contribution in [0, 0.1) is 5.82 Å². The van der Waals surface area contributed by atoms with Gasteiger partial charge in [0.05, 0.1) is 17.1 Å². The third-order valence-corrected chi connectivity index (χ3v) is 3.38. The van der Waals surface area contributed by atoms with Gasteiger partial charge in [0.1, 0.15) is 5.82 Å². The summed E-state index contributed by atoms with van der Waals surface area (Å²) in [7, 11) is 0. The number of aliphatic hydroxyl groups is 1. The molecule has 0 saturated heterocycles. The largest absolute Gasteiger partial charge is 0.481 e. The molecule has 0 atom stereocenters. The molecule has 1 aromatic carbocycles. The van der Waals surface area contributed by atoms with Crippen LogP contribution in [0.15, 0.2) is 18.2 Å². The highest BCUT2D eigenvalue weighted by Crippen LogP contribution is 2.48. The molecule has 1 aliphatic carbocycles. The highest BCUT2D eigenvalue weighted by molar-refractivity contribution is 5.83. The summed E-state index contributed by atoms with van der Waals surface area (Å²) in [5, 5.41) is 18.4. The topological polar surface area (TPSA) is 57.5 Å². The first-order valence-electron chi connectivity index (χ1n) is 5.45. The molecule has 0 aromatic heterocycles. The van der Waals surface area contributed by atoms with Crippen LogP contribution in [0.25, 0.3) is 0 Å². The molecular formula is C12H10F4O3. The number of hydrogen-bond acceptors (Lipinski definition) is 2. The molecule has 7 heteroatoms. The summed E-state index contributed by atoms with van der Waals surface area (Å²) in [6, 6.07) is 1.75. The Balaban J connectivity index is 2.60. The van der Waals surface area contributed by atoms with Crippen LogP contribution in [0.3, 0.4) is 0 Å². The molecule has 0 aliphatic heterocycles. The normalized spacial score (nSPS) is 26.9. The molecule has 0 spiro atoms. The Hall–Kier alpha value is -1.63. The van der Waals surface area contributed by atoms with Crippen LogP contribution in [0.4, 0.5) is 17.6 Å². The van der Waals surface area contributed by atoms with Gasteiger partial charge in [0, 0.05) is 0 Å². The van der Waals surface area contributed by atoms with E-state index in [-0.39, 0.29) is 12.8 Å². The van der Waals surface area contributed by atoms with E-state index >= 15 is 0 Å². The van der Waals surface area contributed by atoms with E-state index in [4.69, 9.17) is 5.11 Å². The van der Waals surface area contributed by atoms with Crippen LogP contribution in [-0.2, 0) is 16.4 Å². The Morgan fingerprint density at radius 2 is 1.89 bits per heavy atom. The standard InChI is InChI=1S/C12H10F4O3/c13-6-1-2-8(12(14,15)16)9(3-6)11(10(18)19)4-7(17)5-11/h1-3,7,17H,4-5H2,(H,18,19). The summed E-state index contributed by atoms with van der Waals surface area (Å²) in [6.07, 6.45) is -6.46. The van der Waals surface area contributed by atoms with Crippen molar-refractivity contribution in [1.82, 2.24) is 0 Å². The van der Waals surface area contributed by atoms with E-state index in [1.165, 1.54) is 0 Å². The van der Waals surface area contributed by atoms with Crippen molar-refractivity contribution in [2.75, 3.05) is 0 Å². The molecule has 1 aromatic rings. The molecule has 104 valence electrons. The maximum Gasteiger partial charge on any atom is 0.416 e. The predicted octanol–water partition coefficient (Wildman–Crippen LogP) is 2.32. The SMILES string of the molecule is O=C(O)C1(c2cc(F)ccc2C(F)(F)F)CC(O)C1. The second kappa shape index (κ2) is 4.19. The average Bonchev–Trinajstić information content (AvgIpc) is 2.22. The lowest BCUT2D eigenvalue weighted by Crippen LogP contribution is -2.51. The summed E-state index contributed by atoms with van der Waals surface area (Å²) in [4.78, 5) is 11.2. The van der Waals surface area contributed by atoms with Crippen molar-refractivity contribution in [3.05, 3.63) is 35.1 Å². The lowest BCUT2D eigenvalue weighted by atomic mass is 9.61. The minimum Gasteiger partial charge on any atom is -0.481 e. The molecule has 0 heterocycles. The van der Waals surface area contributed by atoms with Crippen molar-refractivity contribution >= 4 is 5.97 Å². The fourth-order valence-corrected chi connectivity index (χ4v) is 2.41. The van der Waals surface area contributed by atoms with Crippen molar-refractivity contribution in [1.29, 1.82) is 0 Å². The number of aliphatic hydroxyl groups excluding tert-OH is 1. The summed E-state index contributed by atoms with van der Waals surface area (Å²) in [5.41, 5.74) is -3.67. The van der Waals surface area contributed by atoms with E-state index in [0.717, 1.165) is 0 Å². The van der Waals surface area contributed by atoms with Gasteiger partial charge in [-0.15, -0.1) is 0 Å². The number of benzene rings is 1. The number of carbonyl (C=O) groups is 1. The second-order valence-corrected chi connectivity index (χ2v) is 4.64. The molecule has 2 N–H and O–H groups in total. The predicted molar refractivity (Wildman–Crippen MR) is 56.0 cm³/mol. The molecular weight excluding hydrogens is 268 g/mol. The Kier molecular flexibility index (Phi) is 3.04. The molecule has 19 heavy (non-hydrogen) atoms. The first kappa shape index (κ1) is 13.8. The van der Waals surface area contributed by atoms with Gasteiger partial charge < -0.3 is 10.2 Å². The van der Waals surface area contributed by atoms with Gasteiger partial charge in [0.15, 0.2) is 0 Å². The number of aliphatic carboxylic acids is 1. The Labute approximate surface area is 105 Å². The van der Waals surface area contributed by atoms with Crippen molar-refractivity contribution in [3.8, 4) is 0 Å². The highest BCUT2D eigenvalue weighted by Gasteiger charge is 2.54. The highest BCUT2D eigenvalue weighted by atomic mass is 19.4. The quantitative estimate of drug-likeness (QED) is 0.816. The average molecular weight is 278 g/mol. The van der Waals surface area contributed by atoms with Crippen molar-refractivity contribution in [3.63, 3.8) is 0 Å². The lowest BCUT2D eigenvalue weighted by Gasteiger charge is -2.43. The zero-order valence-electron chi connectivity index (χ0n) is 9.54. The molecule has 1 fully saturated rings. The summed E-state index contributed by atoms with van der Waals surface area (Å²) in [6.45, 7) is 0.